The second-order valence-electron chi connectivity index (χ2n) is 5.27. The second kappa shape index (κ2) is 8.03. The van der Waals surface area contributed by atoms with Crippen molar-refractivity contribution in [2.24, 2.45) is 5.92 Å². The molecule has 1 aromatic carbocycles. The van der Waals surface area contributed by atoms with Crippen LogP contribution in [0.3, 0.4) is 0 Å². The van der Waals surface area contributed by atoms with Gasteiger partial charge in [-0.3, -0.25) is 9.59 Å². The van der Waals surface area contributed by atoms with E-state index in [4.69, 9.17) is 16.3 Å². The molecule has 6 heteroatoms. The van der Waals surface area contributed by atoms with E-state index < -0.39 is 0 Å². The molecular formula is C16H21ClN2O3. The van der Waals surface area contributed by atoms with Crippen molar-refractivity contribution in [2.45, 2.75) is 19.8 Å². The number of anilines is 1. The van der Waals surface area contributed by atoms with Crippen molar-refractivity contribution in [3.8, 4) is 0 Å². The SMILES string of the molecule is CCOC(=O)C1CCN(C(=O)CNc2cccc(Cl)c2)CC1. The average molecular weight is 325 g/mol. The largest absolute Gasteiger partial charge is 0.466 e. The van der Waals surface area contributed by atoms with Crippen molar-refractivity contribution in [3.05, 3.63) is 29.3 Å². The Bertz CT molecular complexity index is 528. The quantitative estimate of drug-likeness (QED) is 0.846. The van der Waals surface area contributed by atoms with Gasteiger partial charge in [-0.25, -0.2) is 0 Å². The molecule has 1 aromatic rings. The number of esters is 1. The zero-order chi connectivity index (χ0) is 15.9. The molecule has 0 atom stereocenters. The van der Waals surface area contributed by atoms with E-state index in [0.29, 0.717) is 37.6 Å². The molecule has 1 aliphatic rings. The van der Waals surface area contributed by atoms with Crippen molar-refractivity contribution in [3.63, 3.8) is 0 Å². The van der Waals surface area contributed by atoms with Gasteiger partial charge in [-0.05, 0) is 38.0 Å². The molecule has 0 radical (unpaired) electrons. The Morgan fingerprint density at radius 3 is 2.73 bits per heavy atom. The highest BCUT2D eigenvalue weighted by molar-refractivity contribution is 6.30. The molecule has 5 nitrogen and oxygen atoms in total. The van der Waals surface area contributed by atoms with Crippen LogP contribution in [-0.4, -0.2) is 43.0 Å². The molecular weight excluding hydrogens is 304 g/mol. The van der Waals surface area contributed by atoms with Gasteiger partial charge in [-0.15, -0.1) is 0 Å². The summed E-state index contributed by atoms with van der Waals surface area (Å²) in [6.07, 6.45) is 1.34. The van der Waals surface area contributed by atoms with Crippen LogP contribution in [0.2, 0.25) is 5.02 Å². The Hall–Kier alpha value is -1.75. The molecule has 1 fully saturated rings. The number of nitrogens with one attached hydrogen (secondary N) is 1. The molecule has 120 valence electrons. The van der Waals surface area contributed by atoms with E-state index in [1.807, 2.05) is 12.1 Å². The van der Waals surface area contributed by atoms with Crippen LogP contribution in [0.25, 0.3) is 0 Å². The molecule has 1 amide bonds. The van der Waals surface area contributed by atoms with Gasteiger partial charge in [0.1, 0.15) is 0 Å². The lowest BCUT2D eigenvalue weighted by Crippen LogP contribution is -2.43. The number of carbonyl (C=O) groups excluding carboxylic acids is 2. The lowest BCUT2D eigenvalue weighted by Gasteiger charge is -2.31. The van der Waals surface area contributed by atoms with Crippen molar-refractivity contribution in [2.75, 3.05) is 31.6 Å². The van der Waals surface area contributed by atoms with Gasteiger partial charge in [0.25, 0.3) is 0 Å². The van der Waals surface area contributed by atoms with Gasteiger partial charge in [-0.1, -0.05) is 17.7 Å². The van der Waals surface area contributed by atoms with E-state index >= 15 is 0 Å². The molecule has 0 aromatic heterocycles. The van der Waals surface area contributed by atoms with Crippen LogP contribution in [-0.2, 0) is 14.3 Å². The number of benzene rings is 1. The number of likely N-dealkylation sites (tertiary alicyclic amines) is 1. The van der Waals surface area contributed by atoms with Crippen LogP contribution in [0, 0.1) is 5.92 Å². The highest BCUT2D eigenvalue weighted by Crippen LogP contribution is 2.19. The van der Waals surface area contributed by atoms with Crippen LogP contribution in [0.1, 0.15) is 19.8 Å². The Morgan fingerprint density at radius 1 is 1.36 bits per heavy atom. The third-order valence-corrected chi connectivity index (χ3v) is 3.97. The number of ether oxygens (including phenoxy) is 1. The van der Waals surface area contributed by atoms with Gasteiger partial charge >= 0.3 is 5.97 Å². The number of hydrogen-bond acceptors (Lipinski definition) is 4. The minimum absolute atomic E-state index is 0.0299. The lowest BCUT2D eigenvalue weighted by molar-refractivity contribution is -0.151. The number of amides is 1. The summed E-state index contributed by atoms with van der Waals surface area (Å²) in [5.74, 6) is -0.196. The molecule has 0 bridgehead atoms. The summed E-state index contributed by atoms with van der Waals surface area (Å²) in [7, 11) is 0. The first-order chi connectivity index (χ1) is 10.6. The van der Waals surface area contributed by atoms with Crippen molar-refractivity contribution in [1.29, 1.82) is 0 Å². The van der Waals surface area contributed by atoms with Crippen LogP contribution < -0.4 is 5.32 Å². The fourth-order valence-electron chi connectivity index (χ4n) is 2.51. The van der Waals surface area contributed by atoms with Gasteiger partial charge < -0.3 is 15.0 Å². The second-order valence-corrected chi connectivity index (χ2v) is 5.71. The zero-order valence-electron chi connectivity index (χ0n) is 12.7. The van der Waals surface area contributed by atoms with Crippen molar-refractivity contribution >= 4 is 29.2 Å². The summed E-state index contributed by atoms with van der Waals surface area (Å²) in [5.41, 5.74) is 0.822. The zero-order valence-corrected chi connectivity index (χ0v) is 13.4. The molecule has 1 saturated heterocycles. The molecule has 22 heavy (non-hydrogen) atoms. The molecule has 1 N–H and O–H groups in total. The van der Waals surface area contributed by atoms with Crippen LogP contribution in [0.5, 0.6) is 0 Å². The molecule has 1 heterocycles. The maximum atomic E-state index is 12.2. The highest BCUT2D eigenvalue weighted by Gasteiger charge is 2.27. The maximum Gasteiger partial charge on any atom is 0.309 e. The summed E-state index contributed by atoms with van der Waals surface area (Å²) < 4.78 is 5.03. The molecule has 1 aliphatic heterocycles. The normalized spacial score (nSPS) is 15.5. The lowest BCUT2D eigenvalue weighted by atomic mass is 9.97. The summed E-state index contributed by atoms with van der Waals surface area (Å²) in [6.45, 7) is 3.63. The minimum atomic E-state index is -0.147. The van der Waals surface area contributed by atoms with Gasteiger partial charge in [0, 0.05) is 23.8 Å². The van der Waals surface area contributed by atoms with E-state index in [0.717, 1.165) is 5.69 Å². The van der Waals surface area contributed by atoms with Gasteiger partial charge in [-0.2, -0.15) is 0 Å². The molecule has 0 aliphatic carbocycles. The number of nitrogens with zero attached hydrogens (tertiary/aromatic N) is 1. The maximum absolute atomic E-state index is 12.2. The van der Waals surface area contributed by atoms with E-state index in [2.05, 4.69) is 5.32 Å². The minimum Gasteiger partial charge on any atom is -0.466 e. The molecule has 0 spiro atoms. The van der Waals surface area contributed by atoms with Crippen LogP contribution in [0.4, 0.5) is 5.69 Å². The van der Waals surface area contributed by atoms with E-state index in [-0.39, 0.29) is 24.3 Å². The monoisotopic (exact) mass is 324 g/mol. The van der Waals surface area contributed by atoms with Crippen molar-refractivity contribution in [1.82, 2.24) is 4.90 Å². The smallest absolute Gasteiger partial charge is 0.309 e. The summed E-state index contributed by atoms with van der Waals surface area (Å²) in [4.78, 5) is 25.6. The Balaban J connectivity index is 1.76. The standard InChI is InChI=1S/C16H21ClN2O3/c1-2-22-16(21)12-6-8-19(9-7-12)15(20)11-18-14-5-3-4-13(17)10-14/h3-5,10,12,18H,2,6-9,11H2,1H3. The predicted octanol–water partition coefficient (Wildman–Crippen LogP) is 2.55. The molecule has 2 rings (SSSR count). The number of piperidine rings is 1. The third kappa shape index (κ3) is 4.63. The van der Waals surface area contributed by atoms with E-state index in [9.17, 15) is 9.59 Å². The third-order valence-electron chi connectivity index (χ3n) is 3.74. The Morgan fingerprint density at radius 2 is 2.09 bits per heavy atom. The number of carbonyl (C=O) groups is 2. The first-order valence-corrected chi connectivity index (χ1v) is 7.91. The first kappa shape index (κ1) is 16.6. The van der Waals surface area contributed by atoms with Gasteiger partial charge in [0.05, 0.1) is 19.1 Å². The predicted molar refractivity (Wildman–Crippen MR) is 85.9 cm³/mol. The fraction of sp³-hybridized carbons (Fsp3) is 0.500. The average Bonchev–Trinajstić information content (AvgIpc) is 2.53. The van der Waals surface area contributed by atoms with Crippen LogP contribution in [0.15, 0.2) is 24.3 Å². The molecule has 0 saturated carbocycles. The summed E-state index contributed by atoms with van der Waals surface area (Å²) in [6, 6.07) is 7.27. The number of halogens is 1. The van der Waals surface area contributed by atoms with Crippen molar-refractivity contribution < 1.29 is 14.3 Å². The fourth-order valence-corrected chi connectivity index (χ4v) is 2.70. The Labute approximate surface area is 135 Å². The number of rotatable bonds is 5. The van der Waals surface area contributed by atoms with Crippen LogP contribution >= 0.6 is 11.6 Å². The van der Waals surface area contributed by atoms with E-state index in [1.165, 1.54) is 0 Å². The van der Waals surface area contributed by atoms with Gasteiger partial charge in [0.15, 0.2) is 0 Å². The van der Waals surface area contributed by atoms with E-state index in [1.54, 1.807) is 24.0 Å². The summed E-state index contributed by atoms with van der Waals surface area (Å²) >= 11 is 5.90. The van der Waals surface area contributed by atoms with Gasteiger partial charge in [0.2, 0.25) is 5.91 Å². The number of hydrogen-bond donors (Lipinski definition) is 1. The first-order valence-electron chi connectivity index (χ1n) is 7.54. The highest BCUT2D eigenvalue weighted by atomic mass is 35.5. The molecule has 0 unspecified atom stereocenters. The topological polar surface area (TPSA) is 58.6 Å². The summed E-state index contributed by atoms with van der Waals surface area (Å²) in [5, 5.41) is 3.70. The Kier molecular flexibility index (Phi) is 6.07.